The number of amides is 1. The molecule has 1 fully saturated rings. The molecule has 134 valence electrons. The van der Waals surface area contributed by atoms with Gasteiger partial charge in [-0.25, -0.2) is 9.97 Å². The minimum absolute atomic E-state index is 0.112. The van der Waals surface area contributed by atoms with Gasteiger partial charge in [0.15, 0.2) is 5.65 Å². The van der Waals surface area contributed by atoms with Crippen molar-refractivity contribution in [2.75, 3.05) is 33.2 Å². The predicted octanol–water partition coefficient (Wildman–Crippen LogP) is 2.63. The van der Waals surface area contributed by atoms with Gasteiger partial charge in [-0.15, -0.1) is 0 Å². The largest absolute Gasteiger partial charge is 0.339 e. The SMILES string of the molecule is CN1CCN(C(=O)Cn2c(-c3ccc(Br)cc3)nc3cccnc32)CC1. The average Bonchev–Trinajstić information content (AvgIpc) is 3.01. The first-order chi connectivity index (χ1) is 12.6. The van der Waals surface area contributed by atoms with Crippen LogP contribution in [0.1, 0.15) is 0 Å². The second-order valence-corrected chi connectivity index (χ2v) is 7.47. The number of rotatable bonds is 3. The van der Waals surface area contributed by atoms with Gasteiger partial charge >= 0.3 is 0 Å². The molecule has 1 aromatic carbocycles. The van der Waals surface area contributed by atoms with E-state index in [0.717, 1.165) is 53.2 Å². The van der Waals surface area contributed by atoms with E-state index < -0.39 is 0 Å². The number of hydrogen-bond acceptors (Lipinski definition) is 4. The normalized spacial score (nSPS) is 15.5. The van der Waals surface area contributed by atoms with Crippen molar-refractivity contribution >= 4 is 33.0 Å². The molecule has 0 bridgehead atoms. The lowest BCUT2D eigenvalue weighted by Gasteiger charge is -2.32. The van der Waals surface area contributed by atoms with E-state index in [-0.39, 0.29) is 12.5 Å². The van der Waals surface area contributed by atoms with Crippen molar-refractivity contribution < 1.29 is 4.79 Å². The van der Waals surface area contributed by atoms with Gasteiger partial charge in [0.1, 0.15) is 17.9 Å². The van der Waals surface area contributed by atoms with Crippen molar-refractivity contribution in [3.05, 3.63) is 47.1 Å². The van der Waals surface area contributed by atoms with E-state index in [2.05, 4.69) is 32.9 Å². The summed E-state index contributed by atoms with van der Waals surface area (Å²) in [4.78, 5) is 26.2. The van der Waals surface area contributed by atoms with Crippen molar-refractivity contribution in [1.82, 2.24) is 24.3 Å². The Morgan fingerprint density at radius 2 is 1.85 bits per heavy atom. The summed E-state index contributed by atoms with van der Waals surface area (Å²) in [6.45, 7) is 3.61. The number of nitrogens with zero attached hydrogens (tertiary/aromatic N) is 5. The summed E-state index contributed by atoms with van der Waals surface area (Å²) in [5, 5.41) is 0. The second kappa shape index (κ2) is 7.17. The third-order valence-corrected chi connectivity index (χ3v) is 5.28. The fourth-order valence-electron chi connectivity index (χ4n) is 3.22. The Morgan fingerprint density at radius 1 is 1.12 bits per heavy atom. The number of imidazole rings is 1. The maximum Gasteiger partial charge on any atom is 0.242 e. The maximum atomic E-state index is 12.9. The molecule has 1 amide bonds. The number of fused-ring (bicyclic) bond motifs is 1. The molecule has 0 unspecified atom stereocenters. The fraction of sp³-hybridized carbons (Fsp3) is 0.316. The summed E-state index contributed by atoms with van der Waals surface area (Å²) in [7, 11) is 2.08. The molecule has 3 aromatic rings. The smallest absolute Gasteiger partial charge is 0.242 e. The lowest BCUT2D eigenvalue weighted by atomic mass is 10.2. The summed E-state index contributed by atoms with van der Waals surface area (Å²) in [6.07, 6.45) is 1.74. The van der Waals surface area contributed by atoms with E-state index >= 15 is 0 Å². The van der Waals surface area contributed by atoms with Crippen LogP contribution in [0.5, 0.6) is 0 Å². The molecule has 1 aliphatic rings. The zero-order chi connectivity index (χ0) is 18.1. The van der Waals surface area contributed by atoms with Crippen molar-refractivity contribution in [2.45, 2.75) is 6.54 Å². The number of likely N-dealkylation sites (N-methyl/N-ethyl adjacent to an activating group) is 1. The van der Waals surface area contributed by atoms with Crippen LogP contribution in [0, 0.1) is 0 Å². The van der Waals surface area contributed by atoms with E-state index in [4.69, 9.17) is 4.98 Å². The molecule has 0 aliphatic carbocycles. The van der Waals surface area contributed by atoms with Crippen molar-refractivity contribution in [3.63, 3.8) is 0 Å². The van der Waals surface area contributed by atoms with Crippen molar-refractivity contribution in [2.24, 2.45) is 0 Å². The molecule has 0 spiro atoms. The minimum Gasteiger partial charge on any atom is -0.339 e. The first-order valence-corrected chi connectivity index (χ1v) is 9.44. The summed E-state index contributed by atoms with van der Waals surface area (Å²) >= 11 is 3.46. The molecule has 0 atom stereocenters. The highest BCUT2D eigenvalue weighted by atomic mass is 79.9. The van der Waals surface area contributed by atoms with Gasteiger partial charge in [-0.3, -0.25) is 9.36 Å². The van der Waals surface area contributed by atoms with Crippen LogP contribution in [-0.2, 0) is 11.3 Å². The number of carbonyl (C=O) groups is 1. The standard InChI is InChI=1S/C19H20BrN5O/c1-23-9-11-24(12-10-23)17(26)13-25-18(14-4-6-15(20)7-5-14)22-16-3-2-8-21-19(16)25/h2-8H,9-13H2,1H3. The van der Waals surface area contributed by atoms with E-state index in [1.54, 1.807) is 6.20 Å². The maximum absolute atomic E-state index is 12.9. The van der Waals surface area contributed by atoms with Gasteiger partial charge in [-0.2, -0.15) is 0 Å². The summed E-state index contributed by atoms with van der Waals surface area (Å²) < 4.78 is 2.94. The van der Waals surface area contributed by atoms with Crippen LogP contribution in [0.4, 0.5) is 0 Å². The number of pyridine rings is 1. The van der Waals surface area contributed by atoms with Crippen LogP contribution in [0.3, 0.4) is 0 Å². The Morgan fingerprint density at radius 3 is 2.58 bits per heavy atom. The molecular formula is C19H20BrN5O. The summed E-state index contributed by atoms with van der Waals surface area (Å²) in [6, 6.07) is 11.8. The molecule has 1 aliphatic heterocycles. The summed E-state index contributed by atoms with van der Waals surface area (Å²) in [5.74, 6) is 0.884. The van der Waals surface area contributed by atoms with Crippen LogP contribution in [0.2, 0.25) is 0 Å². The Balaban J connectivity index is 1.69. The summed E-state index contributed by atoms with van der Waals surface area (Å²) in [5.41, 5.74) is 2.52. The van der Waals surface area contributed by atoms with Gasteiger partial charge in [-0.05, 0) is 31.3 Å². The number of aromatic nitrogens is 3. The number of benzene rings is 1. The highest BCUT2D eigenvalue weighted by Gasteiger charge is 2.22. The van der Waals surface area contributed by atoms with Crippen LogP contribution in [0.15, 0.2) is 47.1 Å². The molecule has 6 nitrogen and oxygen atoms in total. The predicted molar refractivity (Wildman–Crippen MR) is 105 cm³/mol. The van der Waals surface area contributed by atoms with E-state index in [0.29, 0.717) is 0 Å². The molecule has 3 heterocycles. The molecule has 0 N–H and O–H groups in total. The number of piperazine rings is 1. The number of halogens is 1. The first-order valence-electron chi connectivity index (χ1n) is 8.65. The molecule has 1 saturated heterocycles. The van der Waals surface area contributed by atoms with Gasteiger partial charge in [0.25, 0.3) is 0 Å². The molecule has 0 radical (unpaired) electrons. The first kappa shape index (κ1) is 17.2. The quantitative estimate of drug-likeness (QED) is 0.662. The average molecular weight is 414 g/mol. The highest BCUT2D eigenvalue weighted by Crippen LogP contribution is 2.25. The zero-order valence-electron chi connectivity index (χ0n) is 14.6. The molecule has 0 saturated carbocycles. The van der Waals surface area contributed by atoms with Gasteiger partial charge in [0.2, 0.25) is 5.91 Å². The van der Waals surface area contributed by atoms with Crippen LogP contribution < -0.4 is 0 Å². The van der Waals surface area contributed by atoms with Gasteiger partial charge in [0.05, 0.1) is 0 Å². The molecule has 26 heavy (non-hydrogen) atoms. The number of carbonyl (C=O) groups excluding carboxylic acids is 1. The zero-order valence-corrected chi connectivity index (χ0v) is 16.2. The highest BCUT2D eigenvalue weighted by molar-refractivity contribution is 9.10. The van der Waals surface area contributed by atoms with E-state index in [1.807, 2.05) is 45.9 Å². The third-order valence-electron chi connectivity index (χ3n) is 4.76. The fourth-order valence-corrected chi connectivity index (χ4v) is 3.48. The molecular weight excluding hydrogens is 394 g/mol. The van der Waals surface area contributed by atoms with Gasteiger partial charge in [0, 0.05) is 42.4 Å². The Labute approximate surface area is 160 Å². The van der Waals surface area contributed by atoms with E-state index in [1.165, 1.54) is 0 Å². The second-order valence-electron chi connectivity index (χ2n) is 6.56. The lowest BCUT2D eigenvalue weighted by Crippen LogP contribution is -2.48. The third kappa shape index (κ3) is 3.37. The van der Waals surface area contributed by atoms with Crippen molar-refractivity contribution in [3.8, 4) is 11.4 Å². The van der Waals surface area contributed by atoms with Crippen molar-refractivity contribution in [1.29, 1.82) is 0 Å². The lowest BCUT2D eigenvalue weighted by molar-refractivity contribution is -0.133. The monoisotopic (exact) mass is 413 g/mol. The topological polar surface area (TPSA) is 54.3 Å². The number of hydrogen-bond donors (Lipinski definition) is 0. The molecule has 4 rings (SSSR count). The molecule has 2 aromatic heterocycles. The van der Waals surface area contributed by atoms with Gasteiger partial charge < -0.3 is 9.80 Å². The minimum atomic E-state index is 0.112. The Kier molecular flexibility index (Phi) is 4.74. The van der Waals surface area contributed by atoms with Crippen LogP contribution in [0.25, 0.3) is 22.6 Å². The molecule has 7 heteroatoms. The van der Waals surface area contributed by atoms with Gasteiger partial charge in [-0.1, -0.05) is 28.1 Å². The van der Waals surface area contributed by atoms with Crippen LogP contribution in [-0.4, -0.2) is 63.5 Å². The van der Waals surface area contributed by atoms with Crippen LogP contribution >= 0.6 is 15.9 Å². The Hall–Kier alpha value is -2.25. The van der Waals surface area contributed by atoms with E-state index in [9.17, 15) is 4.79 Å². The Bertz CT molecular complexity index is 929.